The SMILES string of the molecule is CCCCCCC/C=C\CCCCCCCC(=O)OCCCCCCCCCCCCCCCCCCCCCC(=O)NC(CO)C(O)CCCCCCCCCCCCCCCCC. The lowest BCUT2D eigenvalue weighted by Gasteiger charge is -2.22. The second-order valence-corrected chi connectivity index (χ2v) is 20.3. The molecule has 0 aliphatic rings. The molecule has 2 unspecified atom stereocenters. The molecule has 0 bridgehead atoms. The number of ether oxygens (including phenoxy) is 1. The average Bonchev–Trinajstić information content (AvgIpc) is 3.31. The first-order chi connectivity index (χ1) is 32.0. The standard InChI is InChI=1S/C59H115NO5/c1-3-5-7-9-11-13-15-17-24-27-31-35-39-43-47-51-57(62)56(55-61)60-58(63)52-48-44-40-36-32-28-25-22-20-19-21-23-26-30-34-38-42-46-50-54-65-59(64)53-49-45-41-37-33-29-18-16-14-12-10-8-6-4-2/h16,18,56-57,61-62H,3-15,17,19-55H2,1-2H3,(H,60,63)/b18-16-. The van der Waals surface area contributed by atoms with Crippen LogP contribution in [0.4, 0.5) is 0 Å². The van der Waals surface area contributed by atoms with Gasteiger partial charge in [-0.05, 0) is 51.4 Å². The topological polar surface area (TPSA) is 95.9 Å². The lowest BCUT2D eigenvalue weighted by molar-refractivity contribution is -0.143. The molecule has 6 nitrogen and oxygen atoms in total. The molecular weight excluding hydrogens is 803 g/mol. The minimum absolute atomic E-state index is 0.00111. The second-order valence-electron chi connectivity index (χ2n) is 20.3. The minimum atomic E-state index is -0.665. The van der Waals surface area contributed by atoms with Crippen molar-refractivity contribution in [2.45, 2.75) is 341 Å². The van der Waals surface area contributed by atoms with Crippen molar-refractivity contribution in [2.24, 2.45) is 0 Å². The molecule has 0 heterocycles. The van der Waals surface area contributed by atoms with E-state index in [0.29, 0.717) is 25.9 Å². The van der Waals surface area contributed by atoms with E-state index < -0.39 is 12.1 Å². The lowest BCUT2D eigenvalue weighted by atomic mass is 10.0. The van der Waals surface area contributed by atoms with Crippen molar-refractivity contribution in [2.75, 3.05) is 13.2 Å². The van der Waals surface area contributed by atoms with Gasteiger partial charge in [-0.25, -0.2) is 0 Å². The van der Waals surface area contributed by atoms with Crippen LogP contribution in [-0.4, -0.2) is 47.4 Å². The molecule has 0 saturated carbocycles. The highest BCUT2D eigenvalue weighted by molar-refractivity contribution is 5.76. The second kappa shape index (κ2) is 55.2. The van der Waals surface area contributed by atoms with Gasteiger partial charge in [0.1, 0.15) is 0 Å². The van der Waals surface area contributed by atoms with Gasteiger partial charge in [-0.2, -0.15) is 0 Å². The Kier molecular flexibility index (Phi) is 54.0. The summed E-state index contributed by atoms with van der Waals surface area (Å²) in [5, 5.41) is 23.3. The van der Waals surface area contributed by atoms with E-state index >= 15 is 0 Å². The highest BCUT2D eigenvalue weighted by Gasteiger charge is 2.20. The third-order valence-corrected chi connectivity index (χ3v) is 13.8. The number of rotatable bonds is 55. The number of esters is 1. The van der Waals surface area contributed by atoms with Gasteiger partial charge in [0.05, 0.1) is 25.4 Å². The van der Waals surface area contributed by atoms with Crippen molar-refractivity contribution in [3.05, 3.63) is 12.2 Å². The summed E-state index contributed by atoms with van der Waals surface area (Å²) in [5.41, 5.74) is 0. The normalized spacial score (nSPS) is 12.6. The number of carbonyl (C=O) groups excluding carboxylic acids is 2. The van der Waals surface area contributed by atoms with Gasteiger partial charge in [0.2, 0.25) is 5.91 Å². The van der Waals surface area contributed by atoms with Crippen LogP contribution in [0.1, 0.15) is 328 Å². The zero-order chi connectivity index (χ0) is 47.2. The van der Waals surface area contributed by atoms with Crippen LogP contribution in [0.15, 0.2) is 12.2 Å². The van der Waals surface area contributed by atoms with Crippen molar-refractivity contribution < 1.29 is 24.5 Å². The molecule has 0 aromatic heterocycles. The highest BCUT2D eigenvalue weighted by Crippen LogP contribution is 2.18. The average molecular weight is 919 g/mol. The summed E-state index contributed by atoms with van der Waals surface area (Å²) in [4.78, 5) is 24.5. The largest absolute Gasteiger partial charge is 0.466 e. The Labute approximate surface area is 406 Å². The molecule has 65 heavy (non-hydrogen) atoms. The van der Waals surface area contributed by atoms with E-state index in [2.05, 4.69) is 31.3 Å². The van der Waals surface area contributed by atoms with Crippen molar-refractivity contribution in [3.63, 3.8) is 0 Å². The Morgan fingerprint density at radius 3 is 1.09 bits per heavy atom. The van der Waals surface area contributed by atoms with E-state index in [4.69, 9.17) is 4.74 Å². The van der Waals surface area contributed by atoms with E-state index in [1.165, 1.54) is 250 Å². The number of hydrogen-bond acceptors (Lipinski definition) is 5. The summed E-state index contributed by atoms with van der Waals surface area (Å²) < 4.78 is 5.47. The predicted octanol–water partition coefficient (Wildman–Crippen LogP) is 18.1. The molecule has 0 aliphatic heterocycles. The van der Waals surface area contributed by atoms with Gasteiger partial charge in [0.25, 0.3) is 0 Å². The monoisotopic (exact) mass is 918 g/mol. The quantitative estimate of drug-likeness (QED) is 0.0321. The molecule has 3 N–H and O–H groups in total. The number of nitrogens with one attached hydrogen (secondary N) is 1. The zero-order valence-corrected chi connectivity index (χ0v) is 44.0. The summed E-state index contributed by atoms with van der Waals surface area (Å²) in [5.74, 6) is -0.0348. The third kappa shape index (κ3) is 51.8. The molecule has 1 amide bonds. The number of unbranched alkanes of at least 4 members (excludes halogenated alkanes) is 42. The fraction of sp³-hybridized carbons (Fsp3) is 0.932. The number of amides is 1. The zero-order valence-electron chi connectivity index (χ0n) is 44.0. The summed E-state index contributed by atoms with van der Waals surface area (Å²) in [6.45, 7) is 4.95. The molecule has 0 fully saturated rings. The van der Waals surface area contributed by atoms with Crippen LogP contribution in [0.2, 0.25) is 0 Å². The fourth-order valence-corrected chi connectivity index (χ4v) is 9.28. The molecule has 0 aromatic carbocycles. The van der Waals surface area contributed by atoms with Crippen LogP contribution >= 0.6 is 0 Å². The maximum Gasteiger partial charge on any atom is 0.305 e. The lowest BCUT2D eigenvalue weighted by Crippen LogP contribution is -2.45. The summed E-state index contributed by atoms with van der Waals surface area (Å²) in [6, 6.07) is -0.543. The first-order valence-electron chi connectivity index (χ1n) is 29.4. The smallest absolute Gasteiger partial charge is 0.305 e. The highest BCUT2D eigenvalue weighted by atomic mass is 16.5. The predicted molar refractivity (Wildman–Crippen MR) is 283 cm³/mol. The van der Waals surface area contributed by atoms with E-state index in [-0.39, 0.29) is 18.5 Å². The van der Waals surface area contributed by atoms with Crippen LogP contribution in [0.3, 0.4) is 0 Å². The summed E-state index contributed by atoms with van der Waals surface area (Å²) >= 11 is 0. The Bertz CT molecular complexity index is 970. The number of allylic oxidation sites excluding steroid dienone is 2. The molecule has 0 saturated heterocycles. The van der Waals surface area contributed by atoms with Gasteiger partial charge in [0, 0.05) is 12.8 Å². The van der Waals surface area contributed by atoms with E-state index in [1.54, 1.807) is 0 Å². The molecule has 2 atom stereocenters. The van der Waals surface area contributed by atoms with E-state index in [9.17, 15) is 19.8 Å². The van der Waals surface area contributed by atoms with Crippen LogP contribution in [-0.2, 0) is 14.3 Å². The van der Waals surface area contributed by atoms with E-state index in [1.807, 2.05) is 0 Å². The van der Waals surface area contributed by atoms with Gasteiger partial charge in [0.15, 0.2) is 0 Å². The molecular formula is C59H115NO5. The molecule has 0 radical (unpaired) electrons. The number of aliphatic hydroxyl groups is 2. The Morgan fingerprint density at radius 1 is 0.415 bits per heavy atom. The Balaban J connectivity index is 3.39. The van der Waals surface area contributed by atoms with Crippen LogP contribution in [0.5, 0.6) is 0 Å². The van der Waals surface area contributed by atoms with Crippen molar-refractivity contribution in [1.29, 1.82) is 0 Å². The van der Waals surface area contributed by atoms with E-state index in [0.717, 1.165) is 44.9 Å². The van der Waals surface area contributed by atoms with Crippen LogP contribution < -0.4 is 5.32 Å². The van der Waals surface area contributed by atoms with Gasteiger partial charge in [-0.3, -0.25) is 9.59 Å². The maximum atomic E-state index is 12.5. The molecule has 0 aliphatic carbocycles. The maximum absolute atomic E-state index is 12.5. The van der Waals surface area contributed by atoms with Gasteiger partial charge >= 0.3 is 5.97 Å². The molecule has 0 rings (SSSR count). The Morgan fingerprint density at radius 2 is 0.723 bits per heavy atom. The third-order valence-electron chi connectivity index (χ3n) is 13.8. The summed E-state index contributed by atoms with van der Waals surface area (Å²) in [7, 11) is 0. The van der Waals surface area contributed by atoms with Crippen molar-refractivity contribution >= 4 is 11.9 Å². The van der Waals surface area contributed by atoms with Gasteiger partial charge < -0.3 is 20.3 Å². The van der Waals surface area contributed by atoms with Crippen molar-refractivity contribution in [3.8, 4) is 0 Å². The van der Waals surface area contributed by atoms with Gasteiger partial charge in [-0.1, -0.05) is 276 Å². The fourth-order valence-electron chi connectivity index (χ4n) is 9.28. The first-order valence-corrected chi connectivity index (χ1v) is 29.4. The number of aliphatic hydroxyl groups excluding tert-OH is 2. The molecule has 6 heteroatoms. The number of carbonyl (C=O) groups is 2. The number of hydrogen-bond donors (Lipinski definition) is 3. The van der Waals surface area contributed by atoms with Crippen LogP contribution in [0, 0.1) is 0 Å². The first kappa shape index (κ1) is 63.6. The van der Waals surface area contributed by atoms with Crippen LogP contribution in [0.25, 0.3) is 0 Å². The molecule has 386 valence electrons. The Hall–Kier alpha value is -1.40. The van der Waals surface area contributed by atoms with Gasteiger partial charge in [-0.15, -0.1) is 0 Å². The molecule has 0 aromatic rings. The summed E-state index contributed by atoms with van der Waals surface area (Å²) in [6.07, 6.45) is 64.9. The van der Waals surface area contributed by atoms with Crippen molar-refractivity contribution in [1.82, 2.24) is 5.32 Å². The minimum Gasteiger partial charge on any atom is -0.466 e. The molecule has 0 spiro atoms.